The van der Waals surface area contributed by atoms with E-state index in [4.69, 9.17) is 0 Å². The van der Waals surface area contributed by atoms with Crippen molar-refractivity contribution in [1.29, 1.82) is 0 Å². The number of hydrogen-bond acceptors (Lipinski definition) is 4. The van der Waals surface area contributed by atoms with Crippen molar-refractivity contribution in [2.75, 3.05) is 17.7 Å². The molecule has 1 aliphatic rings. The molecule has 0 spiro atoms. The first-order chi connectivity index (χ1) is 8.60. The third-order valence-corrected chi connectivity index (χ3v) is 3.71. The summed E-state index contributed by atoms with van der Waals surface area (Å²) in [5.41, 5.74) is 0. The summed E-state index contributed by atoms with van der Waals surface area (Å²) in [5, 5.41) is 6.68. The number of rotatable bonds is 4. The molecule has 1 saturated carbocycles. The van der Waals surface area contributed by atoms with Crippen molar-refractivity contribution in [2.24, 2.45) is 5.92 Å². The first-order valence-corrected chi connectivity index (χ1v) is 6.93. The van der Waals surface area contributed by atoms with Crippen LogP contribution in [-0.4, -0.2) is 23.1 Å². The fourth-order valence-corrected chi connectivity index (χ4v) is 2.48. The monoisotopic (exact) mass is 248 g/mol. The van der Waals surface area contributed by atoms with Crippen LogP contribution in [0.25, 0.3) is 0 Å². The van der Waals surface area contributed by atoms with Gasteiger partial charge in [0, 0.05) is 25.1 Å². The fourth-order valence-electron chi connectivity index (χ4n) is 2.48. The summed E-state index contributed by atoms with van der Waals surface area (Å²) in [6.07, 6.45) is 3.88. The van der Waals surface area contributed by atoms with Crippen LogP contribution < -0.4 is 10.6 Å². The minimum Gasteiger partial charge on any atom is -0.373 e. The Morgan fingerprint density at radius 2 is 1.94 bits per heavy atom. The minimum atomic E-state index is 0.347. The lowest BCUT2D eigenvalue weighted by Crippen LogP contribution is -2.23. The van der Waals surface area contributed by atoms with Gasteiger partial charge in [-0.3, -0.25) is 0 Å². The Morgan fingerprint density at radius 3 is 2.50 bits per heavy atom. The van der Waals surface area contributed by atoms with Crippen LogP contribution in [0.4, 0.5) is 11.6 Å². The molecule has 1 heterocycles. The Morgan fingerprint density at radius 1 is 1.22 bits per heavy atom. The van der Waals surface area contributed by atoms with Crippen LogP contribution in [-0.2, 0) is 0 Å². The largest absolute Gasteiger partial charge is 0.373 e. The maximum Gasteiger partial charge on any atom is 0.135 e. The number of aromatic nitrogens is 2. The Kier molecular flexibility index (Phi) is 4.04. The van der Waals surface area contributed by atoms with E-state index >= 15 is 0 Å². The molecule has 2 atom stereocenters. The van der Waals surface area contributed by atoms with E-state index in [0.717, 1.165) is 23.4 Å². The molecule has 4 nitrogen and oxygen atoms in total. The summed E-state index contributed by atoms with van der Waals surface area (Å²) in [7, 11) is 1.90. The highest BCUT2D eigenvalue weighted by Gasteiger charge is 2.23. The normalized spacial score (nSPS) is 23.4. The summed E-state index contributed by atoms with van der Waals surface area (Å²) in [5.74, 6) is 3.83. The number of anilines is 2. The van der Waals surface area contributed by atoms with Gasteiger partial charge in [0.25, 0.3) is 0 Å². The van der Waals surface area contributed by atoms with Crippen molar-refractivity contribution in [1.82, 2.24) is 9.97 Å². The second kappa shape index (κ2) is 5.55. The van der Waals surface area contributed by atoms with Crippen LogP contribution in [0, 0.1) is 5.92 Å². The SMILES string of the molecule is CNc1cc(NC2CCCC2C)nc(C(C)C)n1. The number of nitrogens with zero attached hydrogens (tertiary/aromatic N) is 2. The van der Waals surface area contributed by atoms with Crippen LogP contribution in [0.1, 0.15) is 51.8 Å². The molecule has 0 bridgehead atoms. The van der Waals surface area contributed by atoms with Crippen molar-refractivity contribution in [2.45, 2.75) is 52.0 Å². The summed E-state index contributed by atoms with van der Waals surface area (Å²) in [4.78, 5) is 9.10. The molecule has 2 rings (SSSR count). The van der Waals surface area contributed by atoms with Gasteiger partial charge in [0.2, 0.25) is 0 Å². The Labute approximate surface area is 110 Å². The highest BCUT2D eigenvalue weighted by molar-refractivity contribution is 5.48. The van der Waals surface area contributed by atoms with E-state index in [1.165, 1.54) is 19.3 Å². The minimum absolute atomic E-state index is 0.347. The van der Waals surface area contributed by atoms with Gasteiger partial charge in [0.15, 0.2) is 0 Å². The lowest BCUT2D eigenvalue weighted by atomic mass is 10.1. The topological polar surface area (TPSA) is 49.8 Å². The highest BCUT2D eigenvalue weighted by Crippen LogP contribution is 2.28. The van der Waals surface area contributed by atoms with Crippen LogP contribution in [0.2, 0.25) is 0 Å². The van der Waals surface area contributed by atoms with Gasteiger partial charge >= 0.3 is 0 Å². The van der Waals surface area contributed by atoms with E-state index in [0.29, 0.717) is 12.0 Å². The van der Waals surface area contributed by atoms with E-state index < -0.39 is 0 Å². The van der Waals surface area contributed by atoms with E-state index in [-0.39, 0.29) is 0 Å². The maximum atomic E-state index is 4.62. The summed E-state index contributed by atoms with van der Waals surface area (Å²) >= 11 is 0. The van der Waals surface area contributed by atoms with Crippen molar-refractivity contribution >= 4 is 11.6 Å². The fraction of sp³-hybridized carbons (Fsp3) is 0.714. The van der Waals surface area contributed by atoms with Gasteiger partial charge in [-0.05, 0) is 18.8 Å². The van der Waals surface area contributed by atoms with Gasteiger partial charge in [-0.1, -0.05) is 27.2 Å². The molecular weight excluding hydrogens is 224 g/mol. The standard InChI is InChI=1S/C14H24N4/c1-9(2)14-17-12(15-4)8-13(18-14)16-11-7-5-6-10(11)3/h8-11H,5-7H2,1-4H3,(H2,15,16,17,18). The molecule has 1 aliphatic carbocycles. The number of hydrogen-bond donors (Lipinski definition) is 2. The van der Waals surface area contributed by atoms with Crippen LogP contribution in [0.5, 0.6) is 0 Å². The van der Waals surface area contributed by atoms with Crippen molar-refractivity contribution in [3.05, 3.63) is 11.9 Å². The molecule has 1 aromatic heterocycles. The third kappa shape index (κ3) is 2.92. The van der Waals surface area contributed by atoms with Crippen molar-refractivity contribution in [3.63, 3.8) is 0 Å². The number of nitrogens with one attached hydrogen (secondary N) is 2. The predicted molar refractivity (Wildman–Crippen MR) is 76.1 cm³/mol. The van der Waals surface area contributed by atoms with Crippen LogP contribution >= 0.6 is 0 Å². The molecule has 2 unspecified atom stereocenters. The molecule has 0 aromatic carbocycles. The molecule has 0 amide bonds. The summed E-state index contributed by atoms with van der Waals surface area (Å²) in [6, 6.07) is 2.56. The third-order valence-electron chi connectivity index (χ3n) is 3.71. The van der Waals surface area contributed by atoms with Gasteiger partial charge < -0.3 is 10.6 Å². The van der Waals surface area contributed by atoms with E-state index in [1.807, 2.05) is 13.1 Å². The molecule has 0 aliphatic heterocycles. The maximum absolute atomic E-state index is 4.62. The van der Waals surface area contributed by atoms with Crippen molar-refractivity contribution < 1.29 is 0 Å². The highest BCUT2D eigenvalue weighted by atomic mass is 15.1. The van der Waals surface area contributed by atoms with Gasteiger partial charge in [0.1, 0.15) is 17.5 Å². The van der Waals surface area contributed by atoms with Gasteiger partial charge in [0.05, 0.1) is 0 Å². The molecule has 100 valence electrons. The summed E-state index contributed by atoms with van der Waals surface area (Å²) in [6.45, 7) is 6.56. The molecular formula is C14H24N4. The zero-order valence-electron chi connectivity index (χ0n) is 11.8. The Bertz CT molecular complexity index is 403. The van der Waals surface area contributed by atoms with Gasteiger partial charge in [-0.15, -0.1) is 0 Å². The smallest absolute Gasteiger partial charge is 0.135 e. The van der Waals surface area contributed by atoms with Gasteiger partial charge in [-0.2, -0.15) is 0 Å². The van der Waals surface area contributed by atoms with Crippen LogP contribution in [0.15, 0.2) is 6.07 Å². The Balaban J connectivity index is 2.18. The zero-order chi connectivity index (χ0) is 13.1. The van der Waals surface area contributed by atoms with Crippen molar-refractivity contribution in [3.8, 4) is 0 Å². The quantitative estimate of drug-likeness (QED) is 0.859. The lowest BCUT2D eigenvalue weighted by Gasteiger charge is -2.19. The molecule has 1 aromatic rings. The molecule has 18 heavy (non-hydrogen) atoms. The van der Waals surface area contributed by atoms with E-state index in [9.17, 15) is 0 Å². The van der Waals surface area contributed by atoms with E-state index in [1.54, 1.807) is 0 Å². The first kappa shape index (κ1) is 13.1. The van der Waals surface area contributed by atoms with E-state index in [2.05, 4.69) is 41.4 Å². The zero-order valence-corrected chi connectivity index (χ0v) is 11.8. The molecule has 4 heteroatoms. The predicted octanol–water partition coefficient (Wildman–Crippen LogP) is 3.24. The molecule has 1 fully saturated rings. The Hall–Kier alpha value is -1.32. The van der Waals surface area contributed by atoms with Gasteiger partial charge in [-0.25, -0.2) is 9.97 Å². The second-order valence-corrected chi connectivity index (χ2v) is 5.56. The molecule has 2 N–H and O–H groups in total. The lowest BCUT2D eigenvalue weighted by molar-refractivity contribution is 0.554. The molecule has 0 radical (unpaired) electrons. The molecule has 0 saturated heterocycles. The summed E-state index contributed by atoms with van der Waals surface area (Å²) < 4.78 is 0. The van der Waals surface area contributed by atoms with Crippen LogP contribution in [0.3, 0.4) is 0 Å². The average Bonchev–Trinajstić information content (AvgIpc) is 2.74. The second-order valence-electron chi connectivity index (χ2n) is 5.56. The first-order valence-electron chi connectivity index (χ1n) is 6.93. The average molecular weight is 248 g/mol.